The first-order valence-electron chi connectivity index (χ1n) is 8.07. The second-order valence-corrected chi connectivity index (χ2v) is 6.89. The molecule has 0 heterocycles. The summed E-state index contributed by atoms with van der Waals surface area (Å²) < 4.78 is 42.2. The van der Waals surface area contributed by atoms with E-state index in [9.17, 15) is 13.0 Å². The van der Waals surface area contributed by atoms with Crippen molar-refractivity contribution in [2.45, 2.75) is 84.2 Å². The van der Waals surface area contributed by atoms with Crippen LogP contribution in [0.25, 0.3) is 0 Å². The van der Waals surface area contributed by atoms with Crippen molar-refractivity contribution in [3.05, 3.63) is 0 Å². The minimum absolute atomic E-state index is 0. The smallest absolute Gasteiger partial charge is 0.726 e. The number of ether oxygens (including phenoxy) is 1. The van der Waals surface area contributed by atoms with Gasteiger partial charge in [0.05, 0.1) is 12.2 Å². The van der Waals surface area contributed by atoms with E-state index in [1.165, 1.54) is 6.42 Å². The fourth-order valence-corrected chi connectivity index (χ4v) is 2.55. The maximum atomic E-state index is 10.6. The maximum absolute atomic E-state index is 10.6. The van der Waals surface area contributed by atoms with Gasteiger partial charge in [-0.2, -0.15) is 0 Å². The Kier molecular flexibility index (Phi) is 16.2. The average molecular weight is 346 g/mol. The number of unbranched alkanes of at least 4 members (excludes halogenated alkanes) is 6. The summed E-state index contributed by atoms with van der Waals surface area (Å²) in [5, 5.41) is 0. The van der Waals surface area contributed by atoms with E-state index in [2.05, 4.69) is 18.0 Å². The van der Waals surface area contributed by atoms with Crippen LogP contribution in [0.5, 0.6) is 0 Å². The molecule has 1 unspecified atom stereocenters. The van der Waals surface area contributed by atoms with Crippen LogP contribution in [0.3, 0.4) is 0 Å². The summed E-state index contributed by atoms with van der Waals surface area (Å²) >= 11 is 0. The summed E-state index contributed by atoms with van der Waals surface area (Å²) in [6.07, 6.45) is 9.39. The Morgan fingerprint density at radius 2 is 1.50 bits per heavy atom. The van der Waals surface area contributed by atoms with Crippen LogP contribution in [0.2, 0.25) is 0 Å². The molecule has 0 saturated heterocycles. The van der Waals surface area contributed by atoms with Crippen molar-refractivity contribution in [1.82, 2.24) is 0 Å². The zero-order chi connectivity index (χ0) is 16.2. The van der Waals surface area contributed by atoms with Gasteiger partial charge < -0.3 is 9.29 Å². The van der Waals surface area contributed by atoms with Gasteiger partial charge in [-0.1, -0.05) is 58.8 Å². The van der Waals surface area contributed by atoms with Gasteiger partial charge >= 0.3 is 29.6 Å². The summed E-state index contributed by atoms with van der Waals surface area (Å²) in [6.45, 7) is 6.48. The Hall–Kier alpha value is 0.830. The Labute approximate surface area is 158 Å². The molecule has 0 saturated carbocycles. The van der Waals surface area contributed by atoms with Gasteiger partial charge in [-0.15, -0.1) is 0 Å². The molecular weight excluding hydrogens is 315 g/mol. The molecule has 0 aromatic rings. The summed E-state index contributed by atoms with van der Waals surface area (Å²) in [5.74, 6) is 0. The van der Waals surface area contributed by atoms with Crippen LogP contribution in [-0.4, -0.2) is 31.8 Å². The van der Waals surface area contributed by atoms with Gasteiger partial charge in [0.2, 0.25) is 10.4 Å². The third-order valence-corrected chi connectivity index (χ3v) is 3.92. The summed E-state index contributed by atoms with van der Waals surface area (Å²) in [7, 11) is -4.66. The molecule has 0 aliphatic carbocycles. The zero-order valence-electron chi connectivity index (χ0n) is 14.7. The Morgan fingerprint density at radius 3 is 2.00 bits per heavy atom. The largest absolute Gasteiger partial charge is 1.00 e. The molecule has 0 rings (SSSR count). The van der Waals surface area contributed by atoms with Crippen molar-refractivity contribution >= 4 is 10.4 Å². The predicted octanol–water partition coefficient (Wildman–Crippen LogP) is 0.793. The van der Waals surface area contributed by atoms with Crippen LogP contribution < -0.4 is 29.6 Å². The van der Waals surface area contributed by atoms with Crippen LogP contribution in [0.4, 0.5) is 0 Å². The molecule has 0 amide bonds. The quantitative estimate of drug-likeness (QED) is 0.201. The molecule has 0 fully saturated rings. The molecule has 5 nitrogen and oxygen atoms in total. The van der Waals surface area contributed by atoms with Crippen molar-refractivity contribution < 1.29 is 51.4 Å². The molecule has 0 aromatic heterocycles. The van der Waals surface area contributed by atoms with Crippen molar-refractivity contribution in [2.75, 3.05) is 13.2 Å². The Morgan fingerprint density at radius 1 is 0.955 bits per heavy atom. The molecule has 0 aromatic carbocycles. The van der Waals surface area contributed by atoms with Crippen molar-refractivity contribution in [3.63, 3.8) is 0 Å². The molecule has 128 valence electrons. The van der Waals surface area contributed by atoms with E-state index in [1.807, 2.05) is 6.92 Å². The fraction of sp³-hybridized carbons (Fsp3) is 1.00. The first-order valence-corrected chi connectivity index (χ1v) is 9.40. The van der Waals surface area contributed by atoms with E-state index in [0.717, 1.165) is 44.9 Å². The molecule has 22 heavy (non-hydrogen) atoms. The van der Waals surface area contributed by atoms with Gasteiger partial charge in [0.25, 0.3) is 0 Å². The van der Waals surface area contributed by atoms with Crippen LogP contribution in [0, 0.1) is 0 Å². The van der Waals surface area contributed by atoms with E-state index in [4.69, 9.17) is 4.74 Å². The van der Waals surface area contributed by atoms with E-state index in [0.29, 0.717) is 13.0 Å². The van der Waals surface area contributed by atoms with Crippen LogP contribution in [-0.2, 0) is 19.3 Å². The predicted molar refractivity (Wildman–Crippen MR) is 82.9 cm³/mol. The standard InChI is InChI=1S/C15H32O5S.Na/c1-4-6-8-10-12-15(3,14-20-21(16,17)18)19-13-11-9-7-5-2;/h4-14H2,1-3H3,(H,16,17,18);/q;+1/p-1. The van der Waals surface area contributed by atoms with Gasteiger partial charge in [-0.3, -0.25) is 4.18 Å². The first kappa shape index (κ1) is 25.1. The second kappa shape index (κ2) is 14.2. The summed E-state index contributed by atoms with van der Waals surface area (Å²) in [5.41, 5.74) is -0.697. The van der Waals surface area contributed by atoms with Gasteiger partial charge in [0.15, 0.2) is 0 Å². The van der Waals surface area contributed by atoms with Crippen molar-refractivity contribution in [1.29, 1.82) is 0 Å². The third kappa shape index (κ3) is 15.7. The Balaban J connectivity index is 0. The number of hydrogen-bond acceptors (Lipinski definition) is 5. The van der Waals surface area contributed by atoms with Crippen LogP contribution >= 0.6 is 0 Å². The van der Waals surface area contributed by atoms with Crippen molar-refractivity contribution in [3.8, 4) is 0 Å². The monoisotopic (exact) mass is 346 g/mol. The number of rotatable bonds is 14. The average Bonchev–Trinajstić information content (AvgIpc) is 2.41. The van der Waals surface area contributed by atoms with Gasteiger partial charge in [-0.25, -0.2) is 8.42 Å². The minimum Gasteiger partial charge on any atom is -0.726 e. The molecule has 0 bridgehead atoms. The third-order valence-electron chi connectivity index (χ3n) is 3.52. The van der Waals surface area contributed by atoms with Gasteiger partial charge in [0.1, 0.15) is 0 Å². The molecule has 0 N–H and O–H groups in total. The van der Waals surface area contributed by atoms with Gasteiger partial charge in [-0.05, 0) is 19.8 Å². The molecule has 0 aliphatic rings. The van der Waals surface area contributed by atoms with Crippen molar-refractivity contribution in [2.24, 2.45) is 0 Å². The van der Waals surface area contributed by atoms with Gasteiger partial charge in [0, 0.05) is 6.61 Å². The van der Waals surface area contributed by atoms with Crippen LogP contribution in [0.15, 0.2) is 0 Å². The fourth-order valence-electron chi connectivity index (χ4n) is 2.16. The van der Waals surface area contributed by atoms with E-state index < -0.39 is 16.0 Å². The first-order chi connectivity index (χ1) is 9.83. The summed E-state index contributed by atoms with van der Waals surface area (Å²) in [4.78, 5) is 0. The number of hydrogen-bond donors (Lipinski definition) is 0. The molecular formula is C15H31NaO5S. The minimum atomic E-state index is -4.66. The normalized spacial score (nSPS) is 14.4. The summed E-state index contributed by atoms with van der Waals surface area (Å²) in [6, 6.07) is 0. The molecule has 7 heteroatoms. The molecule has 0 aliphatic heterocycles. The SMILES string of the molecule is CCCCCCOC(C)(CCCCCC)COS(=O)(=O)[O-].[Na+]. The molecule has 0 spiro atoms. The molecule has 1 atom stereocenters. The second-order valence-electron chi connectivity index (χ2n) is 5.84. The maximum Gasteiger partial charge on any atom is 1.00 e. The van der Waals surface area contributed by atoms with E-state index >= 15 is 0 Å². The van der Waals surface area contributed by atoms with E-state index in [-0.39, 0.29) is 36.2 Å². The van der Waals surface area contributed by atoms with E-state index in [1.54, 1.807) is 0 Å². The topological polar surface area (TPSA) is 75.7 Å². The zero-order valence-corrected chi connectivity index (χ0v) is 17.5. The molecule has 0 radical (unpaired) electrons. The van der Waals surface area contributed by atoms with Crippen LogP contribution in [0.1, 0.15) is 78.6 Å². The Bertz CT molecular complexity index is 348.